The third kappa shape index (κ3) is 2.42. The Morgan fingerprint density at radius 2 is 2.08 bits per heavy atom. The molecule has 0 fully saturated rings. The van der Waals surface area contributed by atoms with Crippen LogP contribution in [0.15, 0.2) is 18.2 Å². The number of halogens is 3. The molecular weight excluding hydrogens is 214 g/mol. The summed E-state index contributed by atoms with van der Waals surface area (Å²) < 4.78 is 13.1. The molecule has 0 N–H and O–H groups in total. The van der Waals surface area contributed by atoms with Gasteiger partial charge in [0.1, 0.15) is 5.82 Å². The molecule has 0 saturated carbocycles. The fourth-order valence-electron chi connectivity index (χ4n) is 0.938. The van der Waals surface area contributed by atoms with E-state index in [1.807, 2.05) is 0 Å². The van der Waals surface area contributed by atoms with Crippen molar-refractivity contribution in [3.05, 3.63) is 35.1 Å². The van der Waals surface area contributed by atoms with E-state index in [0.717, 1.165) is 5.56 Å². The molecule has 0 aliphatic carbocycles. The van der Waals surface area contributed by atoms with Gasteiger partial charge < -0.3 is 0 Å². The first kappa shape index (κ1) is 10.5. The van der Waals surface area contributed by atoms with E-state index < -0.39 is 16.4 Å². The minimum atomic E-state index is -1.21. The lowest BCUT2D eigenvalue weighted by Gasteiger charge is -2.03. The topological polar surface area (TPSA) is 17.1 Å². The molecule has 0 saturated heterocycles. The maximum atomic E-state index is 13.1. The summed E-state index contributed by atoms with van der Waals surface area (Å²) in [5, 5.41) is 0. The SMILES string of the molecule is Cc1ccc(C(=O)C(Cl)Cl)c(F)c1. The molecule has 0 radical (unpaired) electrons. The summed E-state index contributed by atoms with van der Waals surface area (Å²) >= 11 is 10.6. The van der Waals surface area contributed by atoms with Gasteiger partial charge in [-0.15, -0.1) is 0 Å². The quantitative estimate of drug-likeness (QED) is 0.553. The summed E-state index contributed by atoms with van der Waals surface area (Å²) in [5.74, 6) is -1.20. The van der Waals surface area contributed by atoms with Gasteiger partial charge in [-0.3, -0.25) is 4.79 Å². The average Bonchev–Trinajstić information content (AvgIpc) is 2.03. The summed E-state index contributed by atoms with van der Waals surface area (Å²) in [5.41, 5.74) is 0.676. The van der Waals surface area contributed by atoms with Crippen LogP contribution in [0, 0.1) is 12.7 Å². The van der Waals surface area contributed by atoms with Crippen LogP contribution in [-0.2, 0) is 0 Å². The molecule has 1 nitrogen and oxygen atoms in total. The summed E-state index contributed by atoms with van der Waals surface area (Å²) in [6.45, 7) is 1.73. The minimum Gasteiger partial charge on any atom is -0.291 e. The van der Waals surface area contributed by atoms with Crippen molar-refractivity contribution in [3.8, 4) is 0 Å². The van der Waals surface area contributed by atoms with Crippen LogP contribution in [0.2, 0.25) is 0 Å². The number of rotatable bonds is 2. The fourth-order valence-corrected chi connectivity index (χ4v) is 1.17. The smallest absolute Gasteiger partial charge is 0.198 e. The van der Waals surface area contributed by atoms with Crippen molar-refractivity contribution in [3.63, 3.8) is 0 Å². The van der Waals surface area contributed by atoms with Crippen LogP contribution in [-0.4, -0.2) is 10.6 Å². The van der Waals surface area contributed by atoms with E-state index in [2.05, 4.69) is 0 Å². The maximum Gasteiger partial charge on any atom is 0.198 e. The fraction of sp³-hybridized carbons (Fsp3) is 0.222. The molecule has 0 atom stereocenters. The second-order valence-electron chi connectivity index (χ2n) is 2.65. The van der Waals surface area contributed by atoms with E-state index >= 15 is 0 Å². The van der Waals surface area contributed by atoms with Crippen molar-refractivity contribution < 1.29 is 9.18 Å². The molecule has 0 heterocycles. The molecule has 0 aliphatic rings. The number of hydrogen-bond acceptors (Lipinski definition) is 1. The van der Waals surface area contributed by atoms with Gasteiger partial charge in [0.05, 0.1) is 5.56 Å². The number of benzene rings is 1. The Kier molecular flexibility index (Phi) is 3.28. The van der Waals surface area contributed by atoms with Gasteiger partial charge in [0.15, 0.2) is 10.6 Å². The standard InChI is InChI=1S/C9H7Cl2FO/c1-5-2-3-6(7(12)4-5)8(13)9(10)11/h2-4,9H,1H3. The predicted molar refractivity (Wildman–Crippen MR) is 51.0 cm³/mol. The van der Waals surface area contributed by atoms with Crippen molar-refractivity contribution in [2.75, 3.05) is 0 Å². The minimum absolute atomic E-state index is 0.0689. The number of Topliss-reactive ketones (excluding diaryl/α,β-unsaturated/α-hetero) is 1. The highest BCUT2D eigenvalue weighted by atomic mass is 35.5. The Morgan fingerprint density at radius 1 is 1.46 bits per heavy atom. The first-order valence-electron chi connectivity index (χ1n) is 3.61. The molecule has 0 spiro atoms. The van der Waals surface area contributed by atoms with Gasteiger partial charge in [-0.05, 0) is 24.6 Å². The monoisotopic (exact) mass is 220 g/mol. The van der Waals surface area contributed by atoms with Crippen LogP contribution >= 0.6 is 23.2 Å². The Bertz CT molecular complexity index is 336. The van der Waals surface area contributed by atoms with Gasteiger partial charge in [-0.25, -0.2) is 4.39 Å². The normalized spacial score (nSPS) is 10.5. The summed E-state index contributed by atoms with van der Waals surface area (Å²) in [6.07, 6.45) is 0. The molecule has 0 bridgehead atoms. The van der Waals surface area contributed by atoms with Gasteiger partial charge in [0.2, 0.25) is 0 Å². The Morgan fingerprint density at radius 3 is 2.54 bits per heavy atom. The van der Waals surface area contributed by atoms with Crippen LogP contribution < -0.4 is 0 Å². The Balaban J connectivity index is 3.09. The highest BCUT2D eigenvalue weighted by Gasteiger charge is 2.17. The first-order chi connectivity index (χ1) is 6.02. The van der Waals surface area contributed by atoms with Gasteiger partial charge >= 0.3 is 0 Å². The Hall–Kier alpha value is -0.600. The van der Waals surface area contributed by atoms with E-state index in [4.69, 9.17) is 23.2 Å². The van der Waals surface area contributed by atoms with Gasteiger partial charge in [0, 0.05) is 0 Å². The van der Waals surface area contributed by atoms with Crippen LogP contribution in [0.25, 0.3) is 0 Å². The lowest BCUT2D eigenvalue weighted by molar-refractivity contribution is 0.100. The molecule has 13 heavy (non-hydrogen) atoms. The second kappa shape index (κ2) is 4.07. The number of aryl methyl sites for hydroxylation is 1. The highest BCUT2D eigenvalue weighted by Crippen LogP contribution is 2.16. The highest BCUT2D eigenvalue weighted by molar-refractivity contribution is 6.55. The van der Waals surface area contributed by atoms with E-state index in [-0.39, 0.29) is 5.56 Å². The van der Waals surface area contributed by atoms with Crippen LogP contribution in [0.3, 0.4) is 0 Å². The molecule has 4 heteroatoms. The van der Waals surface area contributed by atoms with Gasteiger partial charge in [-0.2, -0.15) is 0 Å². The van der Waals surface area contributed by atoms with Crippen LogP contribution in [0.4, 0.5) is 4.39 Å². The van der Waals surface area contributed by atoms with Crippen molar-refractivity contribution >= 4 is 29.0 Å². The first-order valence-corrected chi connectivity index (χ1v) is 4.48. The van der Waals surface area contributed by atoms with Crippen molar-refractivity contribution in [1.82, 2.24) is 0 Å². The van der Waals surface area contributed by atoms with E-state index in [1.165, 1.54) is 12.1 Å². The second-order valence-corrected chi connectivity index (χ2v) is 3.74. The van der Waals surface area contributed by atoms with Crippen LogP contribution in [0.1, 0.15) is 15.9 Å². The zero-order valence-corrected chi connectivity index (χ0v) is 8.36. The molecule has 0 unspecified atom stereocenters. The summed E-state index contributed by atoms with van der Waals surface area (Å²) in [4.78, 5) is 9.96. The molecule has 0 aliphatic heterocycles. The summed E-state index contributed by atoms with van der Waals surface area (Å²) in [6, 6.07) is 4.28. The third-order valence-electron chi connectivity index (χ3n) is 1.59. The van der Waals surface area contributed by atoms with E-state index in [1.54, 1.807) is 13.0 Å². The van der Waals surface area contributed by atoms with Gasteiger partial charge in [-0.1, -0.05) is 29.3 Å². The molecule has 0 aromatic heterocycles. The largest absolute Gasteiger partial charge is 0.291 e. The third-order valence-corrected chi connectivity index (χ3v) is 1.98. The number of ketones is 1. The molecule has 1 aromatic rings. The van der Waals surface area contributed by atoms with Crippen LogP contribution in [0.5, 0.6) is 0 Å². The number of hydrogen-bond donors (Lipinski definition) is 0. The zero-order valence-electron chi connectivity index (χ0n) is 6.85. The number of alkyl halides is 2. The van der Waals surface area contributed by atoms with E-state index in [9.17, 15) is 9.18 Å². The molecule has 1 aromatic carbocycles. The molecule has 1 rings (SSSR count). The summed E-state index contributed by atoms with van der Waals surface area (Å²) in [7, 11) is 0. The number of carbonyl (C=O) groups is 1. The molecule has 70 valence electrons. The Labute approximate surface area is 85.5 Å². The maximum absolute atomic E-state index is 13.1. The lowest BCUT2D eigenvalue weighted by Crippen LogP contribution is -2.10. The van der Waals surface area contributed by atoms with E-state index in [0.29, 0.717) is 0 Å². The molecular formula is C9H7Cl2FO. The zero-order chi connectivity index (χ0) is 10.0. The predicted octanol–water partition coefficient (Wildman–Crippen LogP) is 3.12. The van der Waals surface area contributed by atoms with Crippen molar-refractivity contribution in [2.24, 2.45) is 0 Å². The van der Waals surface area contributed by atoms with Crippen molar-refractivity contribution in [1.29, 1.82) is 0 Å². The van der Waals surface area contributed by atoms with Gasteiger partial charge in [0.25, 0.3) is 0 Å². The lowest BCUT2D eigenvalue weighted by atomic mass is 10.1. The average molecular weight is 221 g/mol. The molecule has 0 amide bonds. The number of carbonyl (C=O) groups excluding carboxylic acids is 1. The van der Waals surface area contributed by atoms with Crippen molar-refractivity contribution in [2.45, 2.75) is 11.8 Å².